The van der Waals surface area contributed by atoms with E-state index in [-0.39, 0.29) is 29.2 Å². The summed E-state index contributed by atoms with van der Waals surface area (Å²) in [4.78, 5) is 25.7. The minimum atomic E-state index is -0.374. The molecule has 0 atom stereocenters. The van der Waals surface area contributed by atoms with Gasteiger partial charge in [0, 0.05) is 12.2 Å². The lowest BCUT2D eigenvalue weighted by Gasteiger charge is -2.26. The summed E-state index contributed by atoms with van der Waals surface area (Å²) >= 11 is 0. The Morgan fingerprint density at radius 1 is 1.35 bits per heavy atom. The van der Waals surface area contributed by atoms with Crippen molar-refractivity contribution in [1.82, 2.24) is 10.3 Å². The Labute approximate surface area is 98.9 Å². The monoisotopic (exact) mass is 236 g/mol. The molecule has 1 aromatic rings. The van der Waals surface area contributed by atoms with Crippen LogP contribution in [0.3, 0.4) is 0 Å². The highest BCUT2D eigenvalue weighted by Crippen LogP contribution is 2.18. The molecule has 92 valence electrons. The Morgan fingerprint density at radius 2 is 2.06 bits per heavy atom. The maximum Gasteiger partial charge on any atom is 0.260 e. The number of aromatic nitrogens is 1. The summed E-state index contributed by atoms with van der Waals surface area (Å²) in [7, 11) is 0. The summed E-state index contributed by atoms with van der Waals surface area (Å²) in [5.74, 6) is -0.340. The number of carbonyl (C=O) groups is 1. The first kappa shape index (κ1) is 11.9. The molecule has 1 aliphatic carbocycles. The molecular formula is C12H16N2O3. The average molecular weight is 236 g/mol. The van der Waals surface area contributed by atoms with Crippen molar-refractivity contribution in [2.75, 3.05) is 0 Å². The van der Waals surface area contributed by atoms with Gasteiger partial charge >= 0.3 is 0 Å². The number of hydrogen-bond acceptors (Lipinski definition) is 3. The SMILES string of the molecule is O=C(NC1CCC(O)CC1)c1ccc[nH]c1=O. The predicted octanol–water partition coefficient (Wildman–Crippen LogP) is 0.408. The van der Waals surface area contributed by atoms with Crippen LogP contribution in [0.15, 0.2) is 23.1 Å². The molecule has 0 aromatic carbocycles. The fraction of sp³-hybridized carbons (Fsp3) is 0.500. The fourth-order valence-electron chi connectivity index (χ4n) is 2.08. The van der Waals surface area contributed by atoms with Crippen molar-refractivity contribution in [3.05, 3.63) is 34.2 Å². The lowest BCUT2D eigenvalue weighted by atomic mass is 9.93. The number of rotatable bonds is 2. The number of hydrogen-bond donors (Lipinski definition) is 3. The van der Waals surface area contributed by atoms with Crippen molar-refractivity contribution in [3.8, 4) is 0 Å². The quantitative estimate of drug-likeness (QED) is 0.695. The van der Waals surface area contributed by atoms with Crippen LogP contribution in [0.4, 0.5) is 0 Å². The van der Waals surface area contributed by atoms with Crippen molar-refractivity contribution < 1.29 is 9.90 Å². The molecular weight excluding hydrogens is 220 g/mol. The second-order valence-electron chi connectivity index (χ2n) is 4.39. The number of aromatic amines is 1. The van der Waals surface area contributed by atoms with Gasteiger partial charge in [0.1, 0.15) is 5.56 Å². The van der Waals surface area contributed by atoms with E-state index < -0.39 is 0 Å². The van der Waals surface area contributed by atoms with Gasteiger partial charge in [-0.2, -0.15) is 0 Å². The molecule has 0 unspecified atom stereocenters. The van der Waals surface area contributed by atoms with Gasteiger partial charge in [0.05, 0.1) is 6.10 Å². The van der Waals surface area contributed by atoms with Gasteiger partial charge in [0.15, 0.2) is 0 Å². The van der Waals surface area contributed by atoms with Crippen LogP contribution >= 0.6 is 0 Å². The summed E-state index contributed by atoms with van der Waals surface area (Å²) in [6, 6.07) is 3.19. The van der Waals surface area contributed by atoms with Crippen LogP contribution in [0, 0.1) is 0 Å². The number of H-pyrrole nitrogens is 1. The third-order valence-electron chi connectivity index (χ3n) is 3.09. The van der Waals surface area contributed by atoms with Crippen LogP contribution in [0.25, 0.3) is 0 Å². The van der Waals surface area contributed by atoms with Crippen molar-refractivity contribution in [2.45, 2.75) is 37.8 Å². The van der Waals surface area contributed by atoms with Crippen molar-refractivity contribution in [2.24, 2.45) is 0 Å². The van der Waals surface area contributed by atoms with Gasteiger partial charge in [-0.25, -0.2) is 0 Å². The molecule has 2 rings (SSSR count). The van der Waals surface area contributed by atoms with Gasteiger partial charge in [-0.15, -0.1) is 0 Å². The van der Waals surface area contributed by atoms with Crippen LogP contribution in [-0.2, 0) is 0 Å². The summed E-state index contributed by atoms with van der Waals surface area (Å²) in [5, 5.41) is 12.2. The first-order valence-electron chi connectivity index (χ1n) is 5.83. The number of nitrogens with one attached hydrogen (secondary N) is 2. The van der Waals surface area contributed by atoms with Gasteiger partial charge in [-0.1, -0.05) is 0 Å². The third-order valence-corrected chi connectivity index (χ3v) is 3.09. The largest absolute Gasteiger partial charge is 0.393 e. The normalized spacial score (nSPS) is 24.3. The van der Waals surface area contributed by atoms with E-state index in [1.165, 1.54) is 12.3 Å². The molecule has 0 bridgehead atoms. The summed E-state index contributed by atoms with van der Waals surface area (Å²) in [6.45, 7) is 0. The zero-order chi connectivity index (χ0) is 12.3. The third kappa shape index (κ3) is 2.94. The van der Waals surface area contributed by atoms with Gasteiger partial charge < -0.3 is 15.4 Å². The smallest absolute Gasteiger partial charge is 0.260 e. The zero-order valence-electron chi connectivity index (χ0n) is 9.48. The minimum absolute atomic E-state index is 0.0607. The van der Waals surface area contributed by atoms with Crippen LogP contribution in [0.2, 0.25) is 0 Å². The van der Waals surface area contributed by atoms with Crippen molar-refractivity contribution in [1.29, 1.82) is 0 Å². The lowest BCUT2D eigenvalue weighted by molar-refractivity contribution is 0.0866. The Balaban J connectivity index is 1.98. The predicted molar refractivity (Wildman–Crippen MR) is 62.8 cm³/mol. The summed E-state index contributed by atoms with van der Waals surface area (Å²) in [6.07, 6.45) is 4.18. The topological polar surface area (TPSA) is 82.2 Å². The standard InChI is InChI=1S/C12H16N2O3/c15-9-5-3-8(4-6-9)14-12(17)10-2-1-7-13-11(10)16/h1-2,7-9,15H,3-6H2,(H,13,16)(H,14,17). The van der Waals surface area contributed by atoms with E-state index in [2.05, 4.69) is 10.3 Å². The van der Waals surface area contributed by atoms with Crippen LogP contribution in [-0.4, -0.2) is 28.1 Å². The number of pyridine rings is 1. The number of carbonyl (C=O) groups excluding carboxylic acids is 1. The molecule has 5 nitrogen and oxygen atoms in total. The Hall–Kier alpha value is -1.62. The van der Waals surface area contributed by atoms with Gasteiger partial charge in [-0.3, -0.25) is 9.59 Å². The summed E-state index contributed by atoms with van der Waals surface area (Å²) in [5.41, 5.74) is -0.237. The molecule has 3 N–H and O–H groups in total. The Kier molecular flexibility index (Phi) is 3.58. The average Bonchev–Trinajstić information content (AvgIpc) is 2.32. The molecule has 1 saturated carbocycles. The van der Waals surface area contributed by atoms with E-state index in [9.17, 15) is 14.7 Å². The van der Waals surface area contributed by atoms with E-state index in [0.29, 0.717) is 12.8 Å². The second kappa shape index (κ2) is 5.14. The van der Waals surface area contributed by atoms with Crippen molar-refractivity contribution >= 4 is 5.91 Å². The molecule has 1 aliphatic rings. The van der Waals surface area contributed by atoms with Gasteiger partial charge in [0.2, 0.25) is 0 Å². The van der Waals surface area contributed by atoms with Gasteiger partial charge in [-0.05, 0) is 37.8 Å². The zero-order valence-corrected chi connectivity index (χ0v) is 9.48. The van der Waals surface area contributed by atoms with E-state index >= 15 is 0 Å². The van der Waals surface area contributed by atoms with E-state index in [1.54, 1.807) is 6.07 Å². The summed E-state index contributed by atoms with van der Waals surface area (Å²) < 4.78 is 0. The maximum absolute atomic E-state index is 11.8. The Bertz CT molecular complexity index is 447. The highest BCUT2D eigenvalue weighted by molar-refractivity contribution is 5.93. The van der Waals surface area contributed by atoms with Crippen LogP contribution in [0.1, 0.15) is 36.0 Å². The second-order valence-corrected chi connectivity index (χ2v) is 4.39. The van der Waals surface area contributed by atoms with E-state index in [1.807, 2.05) is 0 Å². The first-order valence-corrected chi connectivity index (χ1v) is 5.83. The molecule has 0 spiro atoms. The molecule has 1 amide bonds. The Morgan fingerprint density at radius 3 is 2.71 bits per heavy atom. The molecule has 0 radical (unpaired) electrons. The fourth-order valence-corrected chi connectivity index (χ4v) is 2.08. The lowest BCUT2D eigenvalue weighted by Crippen LogP contribution is -2.40. The van der Waals surface area contributed by atoms with Crippen LogP contribution in [0.5, 0.6) is 0 Å². The molecule has 5 heteroatoms. The number of aliphatic hydroxyl groups is 1. The highest BCUT2D eigenvalue weighted by atomic mass is 16.3. The van der Waals surface area contributed by atoms with E-state index in [4.69, 9.17) is 0 Å². The van der Waals surface area contributed by atoms with Gasteiger partial charge in [0.25, 0.3) is 11.5 Å². The molecule has 0 saturated heterocycles. The molecule has 1 heterocycles. The minimum Gasteiger partial charge on any atom is -0.393 e. The first-order chi connectivity index (χ1) is 8.16. The molecule has 17 heavy (non-hydrogen) atoms. The molecule has 0 aliphatic heterocycles. The molecule has 1 aromatic heterocycles. The van der Waals surface area contributed by atoms with Crippen molar-refractivity contribution in [3.63, 3.8) is 0 Å². The highest BCUT2D eigenvalue weighted by Gasteiger charge is 2.21. The molecule has 1 fully saturated rings. The van der Waals surface area contributed by atoms with E-state index in [0.717, 1.165) is 12.8 Å². The van der Waals surface area contributed by atoms with Crippen LogP contribution < -0.4 is 10.9 Å². The number of amides is 1. The number of aliphatic hydroxyl groups excluding tert-OH is 1. The maximum atomic E-state index is 11.8.